The summed E-state index contributed by atoms with van der Waals surface area (Å²) >= 11 is 0. The summed E-state index contributed by atoms with van der Waals surface area (Å²) in [5.41, 5.74) is 1.86. The van der Waals surface area contributed by atoms with Gasteiger partial charge in [0.05, 0.1) is 0 Å². The molecule has 3 aromatic rings. The lowest BCUT2D eigenvalue weighted by atomic mass is 10.1. The number of amides is 4. The molecule has 4 rings (SSSR count). The van der Waals surface area contributed by atoms with Crippen molar-refractivity contribution in [1.82, 2.24) is 20.1 Å². The Kier molecular flexibility index (Phi) is 5.62. The molecule has 4 amide bonds. The largest absolute Gasteiger partial charge is 0.494 e. The second-order valence-electron chi connectivity index (χ2n) is 7.71. The van der Waals surface area contributed by atoms with Crippen LogP contribution in [-0.4, -0.2) is 39.5 Å². The highest BCUT2D eigenvalue weighted by Gasteiger charge is 2.30. The highest BCUT2D eigenvalue weighted by molar-refractivity contribution is 6.00. The number of fused-ring (bicyclic) bond motifs is 1. The Balaban J connectivity index is 1.52. The maximum Gasteiger partial charge on any atom is 0.317 e. The lowest BCUT2D eigenvalue weighted by Crippen LogP contribution is -2.41. The third-order valence-electron chi connectivity index (χ3n) is 5.54. The number of urea groups is 1. The molecule has 1 saturated heterocycles. The van der Waals surface area contributed by atoms with Crippen LogP contribution in [-0.2, 0) is 22.7 Å². The number of hydrogen-bond donors (Lipinski definition) is 3. The Hall–Kier alpha value is -3.81. The average molecular weight is 420 g/mol. The van der Waals surface area contributed by atoms with Crippen LogP contribution in [0.15, 0.2) is 54.7 Å². The smallest absolute Gasteiger partial charge is 0.317 e. The molecule has 3 N–H and O–H groups in total. The van der Waals surface area contributed by atoms with Crippen molar-refractivity contribution in [2.75, 3.05) is 7.05 Å². The molecule has 1 atom stereocenters. The lowest BCUT2D eigenvalue weighted by molar-refractivity contribution is -0.135. The van der Waals surface area contributed by atoms with Crippen molar-refractivity contribution in [3.63, 3.8) is 0 Å². The van der Waals surface area contributed by atoms with Crippen molar-refractivity contribution in [2.24, 2.45) is 0 Å². The zero-order chi connectivity index (χ0) is 22.0. The van der Waals surface area contributed by atoms with Gasteiger partial charge < -0.3 is 19.9 Å². The third kappa shape index (κ3) is 4.23. The van der Waals surface area contributed by atoms with Crippen molar-refractivity contribution in [3.8, 4) is 5.88 Å². The Labute approximate surface area is 179 Å². The van der Waals surface area contributed by atoms with Gasteiger partial charge in [0.2, 0.25) is 11.8 Å². The Morgan fingerprint density at radius 3 is 2.68 bits per heavy atom. The monoisotopic (exact) mass is 420 g/mol. The van der Waals surface area contributed by atoms with Gasteiger partial charge in [-0.3, -0.25) is 14.9 Å². The Morgan fingerprint density at radius 1 is 1.16 bits per heavy atom. The van der Waals surface area contributed by atoms with Crippen LogP contribution in [0.25, 0.3) is 10.8 Å². The van der Waals surface area contributed by atoms with E-state index in [1.165, 1.54) is 4.57 Å². The molecule has 1 fully saturated rings. The number of benzene rings is 2. The molecule has 0 radical (unpaired) electrons. The molecule has 31 heavy (non-hydrogen) atoms. The molecular formula is C23H24N4O4. The van der Waals surface area contributed by atoms with E-state index >= 15 is 0 Å². The van der Waals surface area contributed by atoms with Gasteiger partial charge in [0.25, 0.3) is 0 Å². The van der Waals surface area contributed by atoms with Crippen molar-refractivity contribution in [2.45, 2.75) is 32.0 Å². The summed E-state index contributed by atoms with van der Waals surface area (Å²) in [6.07, 6.45) is 2.27. The molecule has 2 aromatic carbocycles. The highest BCUT2D eigenvalue weighted by atomic mass is 16.3. The second kappa shape index (κ2) is 8.51. The minimum Gasteiger partial charge on any atom is -0.494 e. The molecule has 2 heterocycles. The molecule has 160 valence electrons. The van der Waals surface area contributed by atoms with E-state index in [4.69, 9.17) is 0 Å². The molecule has 1 aliphatic heterocycles. The average Bonchev–Trinajstić information content (AvgIpc) is 3.10. The van der Waals surface area contributed by atoms with Gasteiger partial charge >= 0.3 is 6.03 Å². The van der Waals surface area contributed by atoms with Gasteiger partial charge in [-0.25, -0.2) is 4.79 Å². The van der Waals surface area contributed by atoms with Gasteiger partial charge in [0, 0.05) is 43.5 Å². The van der Waals surface area contributed by atoms with E-state index in [0.717, 1.165) is 16.5 Å². The van der Waals surface area contributed by atoms with Crippen LogP contribution < -0.4 is 10.6 Å². The first-order chi connectivity index (χ1) is 14.9. The van der Waals surface area contributed by atoms with E-state index in [9.17, 15) is 19.5 Å². The van der Waals surface area contributed by atoms with Crippen LogP contribution in [0.5, 0.6) is 5.88 Å². The van der Waals surface area contributed by atoms with Gasteiger partial charge in [-0.2, -0.15) is 0 Å². The number of imide groups is 1. The van der Waals surface area contributed by atoms with E-state index in [1.807, 2.05) is 42.5 Å². The van der Waals surface area contributed by atoms with Crippen LogP contribution in [0.3, 0.4) is 0 Å². The number of rotatable bonds is 5. The maximum atomic E-state index is 12.5. The quantitative estimate of drug-likeness (QED) is 0.552. The molecule has 8 heteroatoms. The van der Waals surface area contributed by atoms with Crippen molar-refractivity contribution >= 4 is 28.6 Å². The Morgan fingerprint density at radius 2 is 1.94 bits per heavy atom. The van der Waals surface area contributed by atoms with Crippen molar-refractivity contribution < 1.29 is 19.5 Å². The zero-order valence-electron chi connectivity index (χ0n) is 17.2. The SMILES string of the molecule is CN(Cc1cccc2c(O)n(C3CCC(=O)NC3=O)cc12)C(=O)NCc1ccccc1. The van der Waals surface area contributed by atoms with Crippen LogP contribution in [0, 0.1) is 0 Å². The zero-order valence-corrected chi connectivity index (χ0v) is 17.2. The molecule has 1 aliphatic rings. The number of nitrogens with one attached hydrogen (secondary N) is 2. The number of piperidine rings is 1. The summed E-state index contributed by atoms with van der Waals surface area (Å²) in [6, 6.07) is 14.3. The van der Waals surface area contributed by atoms with Gasteiger partial charge in [-0.05, 0) is 23.6 Å². The van der Waals surface area contributed by atoms with Gasteiger partial charge in [0.1, 0.15) is 6.04 Å². The fourth-order valence-corrected chi connectivity index (χ4v) is 3.86. The minimum absolute atomic E-state index is 0.0254. The molecule has 1 aromatic heterocycles. The first-order valence-corrected chi connectivity index (χ1v) is 10.1. The van der Waals surface area contributed by atoms with Gasteiger partial charge in [-0.15, -0.1) is 0 Å². The van der Waals surface area contributed by atoms with Crippen LogP contribution in [0.2, 0.25) is 0 Å². The molecule has 0 saturated carbocycles. The molecule has 0 aliphatic carbocycles. The summed E-state index contributed by atoms with van der Waals surface area (Å²) in [5.74, 6) is -0.755. The normalized spacial score (nSPS) is 16.2. The predicted molar refractivity (Wildman–Crippen MR) is 115 cm³/mol. The summed E-state index contributed by atoms with van der Waals surface area (Å²) in [6.45, 7) is 0.762. The van der Waals surface area contributed by atoms with E-state index in [2.05, 4.69) is 10.6 Å². The van der Waals surface area contributed by atoms with Crippen molar-refractivity contribution in [1.29, 1.82) is 0 Å². The maximum absolute atomic E-state index is 12.5. The van der Waals surface area contributed by atoms with Gasteiger partial charge in [0.15, 0.2) is 5.88 Å². The molecule has 0 spiro atoms. The molecule has 1 unspecified atom stereocenters. The van der Waals surface area contributed by atoms with E-state index < -0.39 is 11.9 Å². The molecule has 8 nitrogen and oxygen atoms in total. The summed E-state index contributed by atoms with van der Waals surface area (Å²) in [5, 5.41) is 17.3. The van der Waals surface area contributed by atoms with Crippen LogP contribution in [0.4, 0.5) is 4.79 Å². The summed E-state index contributed by atoms with van der Waals surface area (Å²) < 4.78 is 1.51. The van der Waals surface area contributed by atoms with Crippen molar-refractivity contribution in [3.05, 3.63) is 65.9 Å². The number of hydrogen-bond acceptors (Lipinski definition) is 4. The topological polar surface area (TPSA) is 104 Å². The first-order valence-electron chi connectivity index (χ1n) is 10.1. The Bertz CT molecular complexity index is 1140. The number of carbonyl (C=O) groups is 3. The predicted octanol–water partition coefficient (Wildman–Crippen LogP) is 2.67. The number of nitrogens with zero attached hydrogens (tertiary/aromatic N) is 2. The summed E-state index contributed by atoms with van der Waals surface area (Å²) in [4.78, 5) is 37.8. The fourth-order valence-electron chi connectivity index (χ4n) is 3.86. The molecular weight excluding hydrogens is 396 g/mol. The van der Waals surface area contributed by atoms with Gasteiger partial charge in [-0.1, -0.05) is 42.5 Å². The minimum atomic E-state index is -0.648. The second-order valence-corrected chi connectivity index (χ2v) is 7.71. The summed E-state index contributed by atoms with van der Waals surface area (Å²) in [7, 11) is 1.70. The number of aromatic nitrogens is 1. The molecule has 0 bridgehead atoms. The van der Waals surface area contributed by atoms with E-state index in [-0.39, 0.29) is 24.2 Å². The fraction of sp³-hybridized carbons (Fsp3) is 0.261. The number of aromatic hydroxyl groups is 1. The van der Waals surface area contributed by atoms with E-state index in [0.29, 0.717) is 24.9 Å². The van der Waals surface area contributed by atoms with Crippen LogP contribution in [0.1, 0.15) is 30.0 Å². The lowest BCUT2D eigenvalue weighted by Gasteiger charge is -2.22. The standard InChI is InChI=1S/C23H24N4O4/c1-26(23(31)24-12-15-6-3-2-4-7-15)13-16-8-5-9-17-18(16)14-27(22(17)30)19-10-11-20(28)25-21(19)29/h2-9,14,19,30H,10-13H2,1H3,(H,24,31)(H,25,28,29). The number of carbonyl (C=O) groups excluding carboxylic acids is 3. The third-order valence-corrected chi connectivity index (χ3v) is 5.54. The van der Waals surface area contributed by atoms with E-state index in [1.54, 1.807) is 24.2 Å². The first kappa shape index (κ1) is 20.5. The highest BCUT2D eigenvalue weighted by Crippen LogP contribution is 2.34. The van der Waals surface area contributed by atoms with Crippen LogP contribution >= 0.6 is 0 Å².